The normalized spacial score (nSPS) is 10.6. The summed E-state index contributed by atoms with van der Waals surface area (Å²) in [7, 11) is 0. The highest BCUT2D eigenvalue weighted by molar-refractivity contribution is 5.16. The van der Waals surface area contributed by atoms with E-state index in [1.54, 1.807) is 0 Å². The highest BCUT2D eigenvalue weighted by atomic mass is 13.9. The van der Waals surface area contributed by atoms with Gasteiger partial charge in [0.2, 0.25) is 0 Å². The molecule has 0 bridgehead atoms. The van der Waals surface area contributed by atoms with Gasteiger partial charge in [0.05, 0.1) is 5.92 Å². The Kier molecular flexibility index (Phi) is 7.62. The van der Waals surface area contributed by atoms with Crippen molar-refractivity contribution in [2.45, 2.75) is 46.5 Å². The van der Waals surface area contributed by atoms with Crippen molar-refractivity contribution in [1.82, 2.24) is 0 Å². The molecule has 0 heterocycles. The van der Waals surface area contributed by atoms with Crippen LogP contribution in [0, 0.1) is 29.6 Å². The highest BCUT2D eigenvalue weighted by Crippen LogP contribution is 1.93. The zero-order chi connectivity index (χ0) is 9.23. The smallest absolute Gasteiger partial charge is 0.0783 e. The first-order valence-corrected chi connectivity index (χ1v) is 4.78. The van der Waals surface area contributed by atoms with Crippen molar-refractivity contribution in [3.8, 4) is 23.7 Å². The number of rotatable bonds is 2. The minimum atomic E-state index is 0.252. The molecule has 0 aliphatic carbocycles. The third-order valence-electron chi connectivity index (χ3n) is 1.47. The van der Waals surface area contributed by atoms with Gasteiger partial charge in [-0.1, -0.05) is 32.1 Å². The van der Waals surface area contributed by atoms with Crippen molar-refractivity contribution in [1.29, 1.82) is 0 Å². The van der Waals surface area contributed by atoms with Crippen LogP contribution >= 0.6 is 0 Å². The van der Waals surface area contributed by atoms with Gasteiger partial charge in [0, 0.05) is 12.8 Å². The molecule has 0 amide bonds. The molecule has 0 nitrogen and oxygen atoms in total. The minimum Gasteiger partial charge on any atom is -0.102 e. The summed E-state index contributed by atoms with van der Waals surface area (Å²) in [5.41, 5.74) is 0. The van der Waals surface area contributed by atoms with Gasteiger partial charge in [-0.25, -0.2) is 0 Å². The summed E-state index contributed by atoms with van der Waals surface area (Å²) in [6.07, 6.45) is 4.39. The van der Waals surface area contributed by atoms with E-state index in [1.807, 2.05) is 0 Å². The van der Waals surface area contributed by atoms with Crippen LogP contribution in [0.5, 0.6) is 0 Å². The minimum absolute atomic E-state index is 0.252. The second-order valence-electron chi connectivity index (χ2n) is 2.82. The molecular weight excluding hydrogens is 144 g/mol. The molecule has 0 N–H and O–H groups in total. The molecule has 1 atom stereocenters. The lowest BCUT2D eigenvalue weighted by atomic mass is 10.1. The molecule has 0 saturated carbocycles. The fourth-order valence-corrected chi connectivity index (χ4v) is 0.782. The third kappa shape index (κ3) is 7.23. The molecule has 0 aromatic rings. The summed E-state index contributed by atoms with van der Waals surface area (Å²) >= 11 is 0. The standard InChI is InChI=1S/C12H18/c1-4-6-8-9-11-12(3)10-7-5-2/h12H,4-6,8H2,1-3H3. The fourth-order valence-electron chi connectivity index (χ4n) is 0.782. The lowest BCUT2D eigenvalue weighted by molar-refractivity contribution is 0.826. The molecule has 0 rings (SSSR count). The van der Waals surface area contributed by atoms with Crippen LogP contribution < -0.4 is 0 Å². The topological polar surface area (TPSA) is 0 Å². The molecule has 1 unspecified atom stereocenters. The maximum absolute atomic E-state index is 3.14. The van der Waals surface area contributed by atoms with Crippen LogP contribution in [0.15, 0.2) is 0 Å². The highest BCUT2D eigenvalue weighted by Gasteiger charge is 1.85. The fraction of sp³-hybridized carbons (Fsp3) is 0.667. The van der Waals surface area contributed by atoms with Crippen molar-refractivity contribution < 1.29 is 0 Å². The molecule has 0 fully saturated rings. The van der Waals surface area contributed by atoms with E-state index in [2.05, 4.69) is 44.5 Å². The molecule has 0 aliphatic heterocycles. The van der Waals surface area contributed by atoms with Crippen LogP contribution in [0.3, 0.4) is 0 Å². The summed E-state index contributed by atoms with van der Waals surface area (Å²) in [6.45, 7) is 6.30. The van der Waals surface area contributed by atoms with Crippen molar-refractivity contribution in [3.63, 3.8) is 0 Å². The van der Waals surface area contributed by atoms with Gasteiger partial charge in [0.15, 0.2) is 0 Å². The van der Waals surface area contributed by atoms with Gasteiger partial charge in [0.25, 0.3) is 0 Å². The largest absolute Gasteiger partial charge is 0.102 e. The van der Waals surface area contributed by atoms with Crippen LogP contribution in [-0.4, -0.2) is 0 Å². The average Bonchev–Trinajstić information content (AvgIpc) is 2.09. The van der Waals surface area contributed by atoms with Gasteiger partial charge in [0.1, 0.15) is 0 Å². The monoisotopic (exact) mass is 162 g/mol. The molecule has 0 aromatic carbocycles. The van der Waals surface area contributed by atoms with E-state index in [0.717, 1.165) is 12.8 Å². The molecular formula is C12H18. The summed E-state index contributed by atoms with van der Waals surface area (Å²) in [5, 5.41) is 0. The van der Waals surface area contributed by atoms with E-state index in [4.69, 9.17) is 0 Å². The lowest BCUT2D eigenvalue weighted by Gasteiger charge is -1.88. The first kappa shape index (κ1) is 11.1. The first-order valence-electron chi connectivity index (χ1n) is 4.78. The SMILES string of the molecule is CCC#CC(C)C#CCCCC. The van der Waals surface area contributed by atoms with E-state index >= 15 is 0 Å². The molecule has 0 saturated heterocycles. The third-order valence-corrected chi connectivity index (χ3v) is 1.47. The van der Waals surface area contributed by atoms with Gasteiger partial charge < -0.3 is 0 Å². The molecule has 0 heteroatoms. The van der Waals surface area contributed by atoms with E-state index in [1.165, 1.54) is 12.8 Å². The van der Waals surface area contributed by atoms with Crippen LogP contribution in [0.4, 0.5) is 0 Å². The quantitative estimate of drug-likeness (QED) is 0.432. The average molecular weight is 162 g/mol. The molecule has 12 heavy (non-hydrogen) atoms. The lowest BCUT2D eigenvalue weighted by Crippen LogP contribution is -1.83. The Labute approximate surface area is 76.8 Å². The van der Waals surface area contributed by atoms with Crippen LogP contribution in [0.1, 0.15) is 46.5 Å². The predicted molar refractivity (Wildman–Crippen MR) is 54.5 cm³/mol. The second-order valence-corrected chi connectivity index (χ2v) is 2.82. The zero-order valence-corrected chi connectivity index (χ0v) is 8.41. The summed E-state index contributed by atoms with van der Waals surface area (Å²) in [6, 6.07) is 0. The van der Waals surface area contributed by atoms with Crippen molar-refractivity contribution >= 4 is 0 Å². The van der Waals surface area contributed by atoms with Crippen molar-refractivity contribution in [2.24, 2.45) is 5.92 Å². The zero-order valence-electron chi connectivity index (χ0n) is 8.41. The van der Waals surface area contributed by atoms with E-state index < -0.39 is 0 Å². The van der Waals surface area contributed by atoms with Crippen LogP contribution in [-0.2, 0) is 0 Å². The summed E-state index contributed by atoms with van der Waals surface area (Å²) in [4.78, 5) is 0. The molecule has 66 valence electrons. The Morgan fingerprint density at radius 1 is 1.08 bits per heavy atom. The van der Waals surface area contributed by atoms with E-state index in [-0.39, 0.29) is 5.92 Å². The molecule has 0 aromatic heterocycles. The predicted octanol–water partition coefficient (Wildman–Crippen LogP) is 3.23. The van der Waals surface area contributed by atoms with E-state index in [0.29, 0.717) is 0 Å². The van der Waals surface area contributed by atoms with Gasteiger partial charge in [-0.3, -0.25) is 0 Å². The first-order chi connectivity index (χ1) is 5.81. The Balaban J connectivity index is 3.63. The Bertz CT molecular complexity index is 204. The molecule has 0 spiro atoms. The number of hydrogen-bond donors (Lipinski definition) is 0. The second kappa shape index (κ2) is 8.22. The Morgan fingerprint density at radius 3 is 2.33 bits per heavy atom. The van der Waals surface area contributed by atoms with E-state index in [9.17, 15) is 0 Å². The molecule has 0 radical (unpaired) electrons. The van der Waals surface area contributed by atoms with Crippen molar-refractivity contribution in [3.05, 3.63) is 0 Å². The molecule has 0 aliphatic rings. The number of hydrogen-bond acceptors (Lipinski definition) is 0. The van der Waals surface area contributed by atoms with Crippen molar-refractivity contribution in [2.75, 3.05) is 0 Å². The maximum atomic E-state index is 3.14. The maximum Gasteiger partial charge on any atom is 0.0783 e. The Morgan fingerprint density at radius 2 is 1.75 bits per heavy atom. The van der Waals surface area contributed by atoms with Crippen LogP contribution in [0.25, 0.3) is 0 Å². The number of unbranched alkanes of at least 4 members (excludes halogenated alkanes) is 2. The summed E-state index contributed by atoms with van der Waals surface area (Å²) < 4.78 is 0. The van der Waals surface area contributed by atoms with Crippen LogP contribution in [0.2, 0.25) is 0 Å². The van der Waals surface area contributed by atoms with Gasteiger partial charge >= 0.3 is 0 Å². The summed E-state index contributed by atoms with van der Waals surface area (Å²) in [5.74, 6) is 12.6. The van der Waals surface area contributed by atoms with Gasteiger partial charge in [-0.05, 0) is 13.3 Å². The van der Waals surface area contributed by atoms with Gasteiger partial charge in [-0.2, -0.15) is 0 Å². The Hall–Kier alpha value is -0.880. The van der Waals surface area contributed by atoms with Gasteiger partial charge in [-0.15, -0.1) is 11.8 Å².